The van der Waals surface area contributed by atoms with Crippen LogP contribution >= 0.6 is 0 Å². The van der Waals surface area contributed by atoms with Crippen molar-refractivity contribution in [2.75, 3.05) is 6.61 Å². The van der Waals surface area contributed by atoms with Crippen LogP contribution in [0.15, 0.2) is 48.3 Å². The Morgan fingerprint density at radius 2 is 1.71 bits per heavy atom. The second kappa shape index (κ2) is 9.21. The molecule has 0 aliphatic heterocycles. The molecule has 0 bridgehead atoms. The van der Waals surface area contributed by atoms with E-state index in [1.807, 2.05) is 31.5 Å². The predicted molar refractivity (Wildman–Crippen MR) is 100 cm³/mol. The van der Waals surface area contributed by atoms with E-state index >= 15 is 0 Å². The zero-order valence-corrected chi connectivity index (χ0v) is 15.2. The highest BCUT2D eigenvalue weighted by Gasteiger charge is 2.03. The zero-order chi connectivity index (χ0) is 17.4. The monoisotopic (exact) mass is 324 g/mol. The van der Waals surface area contributed by atoms with E-state index in [1.165, 1.54) is 12.0 Å². The van der Waals surface area contributed by atoms with Crippen molar-refractivity contribution in [2.24, 2.45) is 5.92 Å². The summed E-state index contributed by atoms with van der Waals surface area (Å²) in [5.41, 5.74) is 3.54. The number of hydrogen-bond donors (Lipinski definition) is 0. The van der Waals surface area contributed by atoms with Crippen LogP contribution in [0.4, 0.5) is 0 Å². The third-order valence-corrected chi connectivity index (χ3v) is 4.06. The van der Waals surface area contributed by atoms with E-state index in [-0.39, 0.29) is 0 Å². The number of allylic oxidation sites excluding steroid dienone is 2. The van der Waals surface area contributed by atoms with E-state index in [1.54, 1.807) is 0 Å². The van der Waals surface area contributed by atoms with Gasteiger partial charge in [-0.25, -0.2) is 9.97 Å². The summed E-state index contributed by atoms with van der Waals surface area (Å²) in [6, 6.07) is 8.15. The Kier molecular flexibility index (Phi) is 6.98. The smallest absolute Gasteiger partial charge is 0.125 e. The second-order valence-electron chi connectivity index (χ2n) is 6.64. The van der Waals surface area contributed by atoms with Gasteiger partial charge in [0.1, 0.15) is 11.6 Å². The molecule has 0 amide bonds. The fourth-order valence-electron chi connectivity index (χ4n) is 2.46. The quantitative estimate of drug-likeness (QED) is 0.592. The first-order valence-electron chi connectivity index (χ1n) is 8.70. The number of aromatic nitrogens is 2. The highest BCUT2D eigenvalue weighted by Crippen LogP contribution is 2.22. The lowest BCUT2D eigenvalue weighted by atomic mass is 10.0. The van der Waals surface area contributed by atoms with Crippen LogP contribution in [0.5, 0.6) is 5.75 Å². The zero-order valence-electron chi connectivity index (χ0n) is 15.2. The minimum absolute atomic E-state index is 0.685. The van der Waals surface area contributed by atoms with E-state index in [2.05, 4.69) is 48.9 Å². The molecule has 24 heavy (non-hydrogen) atoms. The van der Waals surface area contributed by atoms with Crippen LogP contribution in [-0.2, 0) is 0 Å². The summed E-state index contributed by atoms with van der Waals surface area (Å²) in [5.74, 6) is 2.39. The van der Waals surface area contributed by atoms with Gasteiger partial charge in [0, 0.05) is 18.0 Å². The van der Waals surface area contributed by atoms with Crippen LogP contribution in [0.25, 0.3) is 11.1 Å². The molecule has 0 saturated carbocycles. The largest absolute Gasteiger partial charge is 0.494 e. The third kappa shape index (κ3) is 6.15. The molecule has 0 aliphatic rings. The number of aryl methyl sites for hydroxylation is 1. The Balaban J connectivity index is 1.77. The van der Waals surface area contributed by atoms with E-state index < -0.39 is 0 Å². The molecule has 0 fully saturated rings. The molecule has 2 aromatic rings. The molecule has 3 heteroatoms. The standard InChI is InChI=1S/C21H28N2O/c1-16(2)6-5-7-17(3)12-13-24-21-10-8-19(9-11-21)20-14-22-18(4)23-15-20/h6,8-11,14-15,17H,5,7,12-13H2,1-4H3. The second-order valence-corrected chi connectivity index (χ2v) is 6.64. The molecule has 0 aliphatic carbocycles. The normalized spacial score (nSPS) is 11.8. The van der Waals surface area contributed by atoms with Gasteiger partial charge in [-0.1, -0.05) is 30.7 Å². The Morgan fingerprint density at radius 1 is 1.04 bits per heavy atom. The van der Waals surface area contributed by atoms with Gasteiger partial charge in [0.15, 0.2) is 0 Å². The first-order valence-corrected chi connectivity index (χ1v) is 8.70. The fraction of sp³-hybridized carbons (Fsp3) is 0.429. The van der Waals surface area contributed by atoms with E-state index in [4.69, 9.17) is 4.74 Å². The summed E-state index contributed by atoms with van der Waals surface area (Å²) in [7, 11) is 0. The highest BCUT2D eigenvalue weighted by atomic mass is 16.5. The van der Waals surface area contributed by atoms with Crippen molar-refractivity contribution < 1.29 is 4.74 Å². The Labute approximate surface area is 145 Å². The summed E-state index contributed by atoms with van der Waals surface area (Å²) in [6.07, 6.45) is 9.49. The molecule has 0 N–H and O–H groups in total. The molecular weight excluding hydrogens is 296 g/mol. The maximum atomic E-state index is 5.87. The topological polar surface area (TPSA) is 35.0 Å². The molecule has 1 unspecified atom stereocenters. The van der Waals surface area contributed by atoms with Gasteiger partial charge in [0.2, 0.25) is 0 Å². The van der Waals surface area contributed by atoms with Crippen molar-refractivity contribution in [3.8, 4) is 16.9 Å². The SMILES string of the molecule is CC(C)=CCCC(C)CCOc1ccc(-c2cnc(C)nc2)cc1. The fourth-order valence-corrected chi connectivity index (χ4v) is 2.46. The lowest BCUT2D eigenvalue weighted by Gasteiger charge is -2.12. The van der Waals surface area contributed by atoms with Gasteiger partial charge in [-0.05, 0) is 63.6 Å². The Bertz CT molecular complexity index is 641. The summed E-state index contributed by atoms with van der Waals surface area (Å²) in [4.78, 5) is 8.47. The van der Waals surface area contributed by atoms with Crippen LogP contribution in [0, 0.1) is 12.8 Å². The molecular formula is C21H28N2O. The molecule has 2 rings (SSSR count). The van der Waals surface area contributed by atoms with Gasteiger partial charge in [-0.3, -0.25) is 0 Å². The molecule has 0 saturated heterocycles. The average Bonchev–Trinajstić information content (AvgIpc) is 2.56. The first kappa shape index (κ1) is 18.2. The minimum Gasteiger partial charge on any atom is -0.494 e. The molecule has 1 atom stereocenters. The van der Waals surface area contributed by atoms with Crippen LogP contribution in [0.2, 0.25) is 0 Å². The Morgan fingerprint density at radius 3 is 2.33 bits per heavy atom. The molecule has 1 heterocycles. The van der Waals surface area contributed by atoms with Crippen molar-refractivity contribution in [3.05, 3.63) is 54.1 Å². The summed E-state index contributed by atoms with van der Waals surface area (Å²) >= 11 is 0. The number of nitrogens with zero attached hydrogens (tertiary/aromatic N) is 2. The van der Waals surface area contributed by atoms with Gasteiger partial charge in [0.25, 0.3) is 0 Å². The molecule has 1 aromatic heterocycles. The van der Waals surface area contributed by atoms with E-state index in [9.17, 15) is 0 Å². The summed E-state index contributed by atoms with van der Waals surface area (Å²) in [6.45, 7) is 9.26. The summed E-state index contributed by atoms with van der Waals surface area (Å²) < 4.78 is 5.87. The average molecular weight is 324 g/mol. The van der Waals surface area contributed by atoms with Crippen LogP contribution in [-0.4, -0.2) is 16.6 Å². The van der Waals surface area contributed by atoms with Crippen LogP contribution in [0.3, 0.4) is 0 Å². The molecule has 1 aromatic carbocycles. The molecule has 0 radical (unpaired) electrons. The molecule has 128 valence electrons. The number of ether oxygens (including phenoxy) is 1. The van der Waals surface area contributed by atoms with Crippen LogP contribution in [0.1, 0.15) is 45.9 Å². The third-order valence-electron chi connectivity index (χ3n) is 4.06. The van der Waals surface area contributed by atoms with Gasteiger partial charge in [-0.15, -0.1) is 0 Å². The van der Waals surface area contributed by atoms with Gasteiger partial charge >= 0.3 is 0 Å². The predicted octanol–water partition coefficient (Wildman–Crippen LogP) is 5.60. The molecule has 3 nitrogen and oxygen atoms in total. The minimum atomic E-state index is 0.685. The van der Waals surface area contributed by atoms with Crippen LogP contribution < -0.4 is 4.74 Å². The number of rotatable bonds is 8. The van der Waals surface area contributed by atoms with Crippen molar-refractivity contribution in [1.29, 1.82) is 0 Å². The summed E-state index contributed by atoms with van der Waals surface area (Å²) in [5, 5.41) is 0. The van der Waals surface area contributed by atoms with E-state index in [0.29, 0.717) is 5.92 Å². The van der Waals surface area contributed by atoms with Crippen molar-refractivity contribution >= 4 is 0 Å². The van der Waals surface area contributed by atoms with Crippen molar-refractivity contribution in [1.82, 2.24) is 9.97 Å². The Hall–Kier alpha value is -2.16. The highest BCUT2D eigenvalue weighted by molar-refractivity contribution is 5.62. The van der Waals surface area contributed by atoms with E-state index in [0.717, 1.165) is 42.1 Å². The number of benzene rings is 1. The maximum Gasteiger partial charge on any atom is 0.125 e. The van der Waals surface area contributed by atoms with Crippen molar-refractivity contribution in [3.63, 3.8) is 0 Å². The first-order chi connectivity index (χ1) is 11.5. The lowest BCUT2D eigenvalue weighted by Crippen LogP contribution is -2.04. The molecule has 0 spiro atoms. The maximum absolute atomic E-state index is 5.87. The van der Waals surface area contributed by atoms with Gasteiger partial charge < -0.3 is 4.74 Å². The lowest BCUT2D eigenvalue weighted by molar-refractivity contribution is 0.279. The van der Waals surface area contributed by atoms with Crippen molar-refractivity contribution in [2.45, 2.75) is 47.0 Å². The van der Waals surface area contributed by atoms with Gasteiger partial charge in [0.05, 0.1) is 6.61 Å². The van der Waals surface area contributed by atoms with Gasteiger partial charge in [-0.2, -0.15) is 0 Å². The number of hydrogen-bond acceptors (Lipinski definition) is 3.